The Labute approximate surface area is 96.2 Å². The van der Waals surface area contributed by atoms with Gasteiger partial charge in [-0.2, -0.15) is 0 Å². The second-order valence-electron chi connectivity index (χ2n) is 3.48. The molecule has 0 amide bonds. The third-order valence-electron chi connectivity index (χ3n) is 2.01. The molecule has 2 aliphatic heterocycles. The summed E-state index contributed by atoms with van der Waals surface area (Å²) in [4.78, 5) is 17.9. The molecular formula is C9H12N2O2SSe. The summed E-state index contributed by atoms with van der Waals surface area (Å²) in [6.45, 7) is 3.41. The normalized spacial score (nSPS) is 23.9. The van der Waals surface area contributed by atoms with Crippen molar-refractivity contribution in [1.29, 1.82) is 0 Å². The van der Waals surface area contributed by atoms with E-state index >= 15 is 0 Å². The minimum absolute atomic E-state index is 0.0538. The molecule has 2 rings (SSSR count). The molecule has 6 heteroatoms. The zero-order valence-electron chi connectivity index (χ0n) is 9.03. The molecule has 0 spiro atoms. The SMILES string of the molecule is CC(=O)C1=C(C)O[Se]2=C1N=C(N(C)C)S2. The first-order valence-electron chi connectivity index (χ1n) is 4.47. The van der Waals surface area contributed by atoms with Crippen molar-refractivity contribution in [3.05, 3.63) is 11.3 Å². The van der Waals surface area contributed by atoms with E-state index in [-0.39, 0.29) is 5.78 Å². The van der Waals surface area contributed by atoms with Crippen molar-refractivity contribution in [3.8, 4) is 0 Å². The first-order valence-corrected chi connectivity index (χ1v) is 8.86. The zero-order chi connectivity index (χ0) is 11.2. The number of allylic oxidation sites excluding steroid dienone is 1. The maximum absolute atomic E-state index is 11.4. The van der Waals surface area contributed by atoms with Gasteiger partial charge in [-0.25, -0.2) is 0 Å². The number of nitrogens with zero attached hydrogens (tertiary/aromatic N) is 2. The van der Waals surface area contributed by atoms with Crippen LogP contribution >= 0.6 is 10.2 Å². The van der Waals surface area contributed by atoms with Crippen LogP contribution in [0.2, 0.25) is 0 Å². The molecule has 0 radical (unpaired) electrons. The molecule has 0 aromatic carbocycles. The van der Waals surface area contributed by atoms with Crippen LogP contribution in [-0.4, -0.2) is 47.2 Å². The predicted molar refractivity (Wildman–Crippen MR) is 63.9 cm³/mol. The van der Waals surface area contributed by atoms with Gasteiger partial charge in [0.2, 0.25) is 0 Å². The standard InChI is InChI=1S/C9H12N2O2SSe/c1-5(12)7-6(2)13-15-8(7)10-9(14-15)11(3)4/h1-4H3. The summed E-state index contributed by atoms with van der Waals surface area (Å²) >= 11 is -1.39. The van der Waals surface area contributed by atoms with E-state index in [0.717, 1.165) is 15.5 Å². The average molecular weight is 291 g/mol. The summed E-state index contributed by atoms with van der Waals surface area (Å²) in [6.07, 6.45) is 0. The topological polar surface area (TPSA) is 41.9 Å². The van der Waals surface area contributed by atoms with Crippen molar-refractivity contribution in [3.63, 3.8) is 0 Å². The Bertz CT molecular complexity index is 437. The van der Waals surface area contributed by atoms with Crippen molar-refractivity contribution >= 4 is 38.3 Å². The molecule has 0 aromatic rings. The Kier molecular flexibility index (Phi) is 2.75. The van der Waals surface area contributed by atoms with Crippen LogP contribution in [0, 0.1) is 0 Å². The van der Waals surface area contributed by atoms with Crippen molar-refractivity contribution < 1.29 is 8.61 Å². The van der Waals surface area contributed by atoms with Gasteiger partial charge in [0.1, 0.15) is 0 Å². The first-order chi connectivity index (χ1) is 7.00. The molecule has 15 heavy (non-hydrogen) atoms. The number of hydrogen-bond acceptors (Lipinski definition) is 5. The molecule has 2 aliphatic rings. The number of carbonyl (C=O) groups excluding carboxylic acids is 1. The summed E-state index contributed by atoms with van der Waals surface area (Å²) in [5.41, 5.74) is 0.698. The van der Waals surface area contributed by atoms with Gasteiger partial charge in [-0.15, -0.1) is 0 Å². The summed E-state index contributed by atoms with van der Waals surface area (Å²) in [5.74, 6) is 0.801. The van der Waals surface area contributed by atoms with Gasteiger partial charge in [0.05, 0.1) is 0 Å². The number of amidine groups is 1. The Morgan fingerprint density at radius 1 is 1.53 bits per heavy atom. The van der Waals surface area contributed by atoms with Crippen LogP contribution < -0.4 is 0 Å². The average Bonchev–Trinajstić information content (AvgIpc) is 2.58. The number of carbonyl (C=O) groups is 1. The number of ketones is 1. The van der Waals surface area contributed by atoms with Gasteiger partial charge in [0.25, 0.3) is 0 Å². The quantitative estimate of drug-likeness (QED) is 0.668. The van der Waals surface area contributed by atoms with Gasteiger partial charge in [0, 0.05) is 0 Å². The van der Waals surface area contributed by atoms with E-state index in [0.29, 0.717) is 5.57 Å². The first kappa shape index (κ1) is 10.9. The van der Waals surface area contributed by atoms with E-state index in [4.69, 9.17) is 3.82 Å². The van der Waals surface area contributed by atoms with Gasteiger partial charge in [-0.05, 0) is 0 Å². The Morgan fingerprint density at radius 3 is 2.73 bits per heavy atom. The van der Waals surface area contributed by atoms with E-state index < -0.39 is 12.7 Å². The predicted octanol–water partition coefficient (Wildman–Crippen LogP) is 0.744. The van der Waals surface area contributed by atoms with Crippen molar-refractivity contribution in [2.24, 2.45) is 4.99 Å². The maximum atomic E-state index is 11.4. The van der Waals surface area contributed by atoms with Crippen LogP contribution in [0.25, 0.3) is 0 Å². The molecule has 0 fully saturated rings. The third kappa shape index (κ3) is 1.77. The second-order valence-corrected chi connectivity index (χ2v) is 8.78. The number of aliphatic imine (C=N–C) groups is 1. The molecule has 0 aliphatic carbocycles. The minimum atomic E-state index is -1.39. The molecule has 0 N–H and O–H groups in total. The zero-order valence-corrected chi connectivity index (χ0v) is 11.6. The van der Waals surface area contributed by atoms with Crippen molar-refractivity contribution in [1.82, 2.24) is 4.90 Å². The summed E-state index contributed by atoms with van der Waals surface area (Å²) < 4.78 is 6.60. The van der Waals surface area contributed by atoms with Gasteiger partial charge >= 0.3 is 96.1 Å². The summed E-state index contributed by atoms with van der Waals surface area (Å²) in [7, 11) is 5.56. The Hall–Kier alpha value is -0.581. The van der Waals surface area contributed by atoms with Crippen molar-refractivity contribution in [2.45, 2.75) is 13.8 Å². The molecule has 0 saturated heterocycles. The van der Waals surface area contributed by atoms with Crippen LogP contribution in [0.4, 0.5) is 0 Å². The van der Waals surface area contributed by atoms with E-state index in [1.165, 1.54) is 0 Å². The van der Waals surface area contributed by atoms with E-state index in [1.54, 1.807) is 17.1 Å². The monoisotopic (exact) mass is 292 g/mol. The van der Waals surface area contributed by atoms with Crippen LogP contribution in [0.15, 0.2) is 16.3 Å². The van der Waals surface area contributed by atoms with E-state index in [2.05, 4.69) is 4.99 Å². The fraction of sp³-hybridized carbons (Fsp3) is 0.444. The number of Topliss-reactive ketones (excluding diaryl/α,β-unsaturated/α-hetero) is 1. The Morgan fingerprint density at radius 2 is 2.20 bits per heavy atom. The van der Waals surface area contributed by atoms with Crippen LogP contribution in [0.3, 0.4) is 0 Å². The van der Waals surface area contributed by atoms with Gasteiger partial charge in [0.15, 0.2) is 0 Å². The molecule has 1 atom stereocenters. The molecule has 4 nitrogen and oxygen atoms in total. The van der Waals surface area contributed by atoms with Gasteiger partial charge in [-0.1, -0.05) is 0 Å². The number of rotatable bonds is 1. The molecule has 82 valence electrons. The Balaban J connectivity index is 2.36. The van der Waals surface area contributed by atoms with Gasteiger partial charge in [-0.3, -0.25) is 0 Å². The fourth-order valence-corrected chi connectivity index (χ4v) is 7.98. The molecule has 0 aromatic heterocycles. The molecule has 0 bridgehead atoms. The van der Waals surface area contributed by atoms with Crippen LogP contribution in [0.5, 0.6) is 0 Å². The van der Waals surface area contributed by atoms with Gasteiger partial charge < -0.3 is 0 Å². The third-order valence-corrected chi connectivity index (χ3v) is 7.95. The molecule has 2 heterocycles. The summed E-state index contributed by atoms with van der Waals surface area (Å²) in [6, 6.07) is 0. The fourth-order valence-electron chi connectivity index (χ4n) is 1.32. The molecular weight excluding hydrogens is 279 g/mol. The van der Waals surface area contributed by atoms with E-state index in [9.17, 15) is 4.79 Å². The summed E-state index contributed by atoms with van der Waals surface area (Å²) in [5, 5.41) is 0.946. The van der Waals surface area contributed by atoms with Crippen LogP contribution in [-0.2, 0) is 8.61 Å². The van der Waals surface area contributed by atoms with E-state index in [1.807, 2.05) is 25.9 Å². The molecule has 0 saturated carbocycles. The number of hydrogen-bond donors (Lipinski definition) is 0. The second kappa shape index (κ2) is 3.77. The molecule has 1 unspecified atom stereocenters. The van der Waals surface area contributed by atoms with Crippen molar-refractivity contribution in [2.75, 3.05) is 14.1 Å². The van der Waals surface area contributed by atoms with Crippen LogP contribution in [0.1, 0.15) is 13.8 Å².